The van der Waals surface area contributed by atoms with E-state index in [9.17, 15) is 4.79 Å². The van der Waals surface area contributed by atoms with E-state index in [1.54, 1.807) is 6.20 Å². The van der Waals surface area contributed by atoms with E-state index < -0.39 is 0 Å². The van der Waals surface area contributed by atoms with Crippen LogP contribution in [-0.4, -0.2) is 15.5 Å². The van der Waals surface area contributed by atoms with Crippen LogP contribution < -0.4 is 5.32 Å². The first-order valence-electron chi connectivity index (χ1n) is 8.62. The first-order chi connectivity index (χ1) is 12.8. The lowest BCUT2D eigenvalue weighted by Crippen LogP contribution is -2.29. The molecule has 0 spiro atoms. The minimum absolute atomic E-state index is 0.0160. The van der Waals surface area contributed by atoms with E-state index in [1.807, 2.05) is 89.6 Å². The number of aromatic nitrogens is 2. The number of amides is 1. The molecule has 0 atom stereocenters. The van der Waals surface area contributed by atoms with Crippen molar-refractivity contribution in [2.75, 3.05) is 0 Å². The minimum Gasteiger partial charge on any atom is -0.351 e. The lowest BCUT2D eigenvalue weighted by atomic mass is 9.90. The molecule has 4 heteroatoms. The Hall–Kier alpha value is -3.40. The van der Waals surface area contributed by atoms with Gasteiger partial charge in [0, 0.05) is 18.3 Å². The number of hydrogen-bond acceptors (Lipinski definition) is 2. The quantitative estimate of drug-likeness (QED) is 0.600. The second-order valence-electron chi connectivity index (χ2n) is 6.17. The summed E-state index contributed by atoms with van der Waals surface area (Å²) in [5.74, 6) is -0.350. The highest BCUT2D eigenvalue weighted by Gasteiger charge is 2.22. The molecule has 26 heavy (non-hydrogen) atoms. The number of benzene rings is 2. The third kappa shape index (κ3) is 3.22. The molecule has 0 aliphatic heterocycles. The van der Waals surface area contributed by atoms with Gasteiger partial charge in [-0.1, -0.05) is 66.7 Å². The molecule has 128 valence electrons. The fourth-order valence-corrected chi connectivity index (χ4v) is 3.19. The van der Waals surface area contributed by atoms with Crippen molar-refractivity contribution < 1.29 is 4.79 Å². The summed E-state index contributed by atoms with van der Waals surface area (Å²) in [6.45, 7) is 0.447. The third-order valence-electron chi connectivity index (χ3n) is 4.49. The molecule has 2 heterocycles. The Morgan fingerprint density at radius 1 is 0.885 bits per heavy atom. The van der Waals surface area contributed by atoms with E-state index >= 15 is 0 Å². The Balaban J connectivity index is 1.59. The van der Waals surface area contributed by atoms with Crippen LogP contribution in [0.25, 0.3) is 5.52 Å². The fourth-order valence-electron chi connectivity index (χ4n) is 3.19. The summed E-state index contributed by atoms with van der Waals surface area (Å²) in [6, 6.07) is 25.6. The molecular weight excluding hydrogens is 322 g/mol. The number of nitrogens with zero attached hydrogens (tertiary/aromatic N) is 2. The van der Waals surface area contributed by atoms with Crippen LogP contribution in [0.2, 0.25) is 0 Å². The average Bonchev–Trinajstić information content (AvgIpc) is 3.11. The van der Waals surface area contributed by atoms with Crippen LogP contribution in [0.3, 0.4) is 0 Å². The summed E-state index contributed by atoms with van der Waals surface area (Å²) in [4.78, 5) is 13.0. The number of carbonyl (C=O) groups excluding carboxylic acids is 1. The van der Waals surface area contributed by atoms with Crippen LogP contribution >= 0.6 is 0 Å². The second kappa shape index (κ2) is 7.23. The lowest BCUT2D eigenvalue weighted by molar-refractivity contribution is -0.121. The van der Waals surface area contributed by atoms with Crippen molar-refractivity contribution in [3.8, 4) is 0 Å². The number of nitrogens with one attached hydrogen (secondary N) is 1. The Labute approximate surface area is 152 Å². The first-order valence-corrected chi connectivity index (χ1v) is 8.62. The van der Waals surface area contributed by atoms with Gasteiger partial charge in [-0.15, -0.1) is 0 Å². The summed E-state index contributed by atoms with van der Waals surface area (Å²) >= 11 is 0. The molecule has 4 rings (SSSR count). The van der Waals surface area contributed by atoms with Crippen molar-refractivity contribution in [1.82, 2.24) is 14.9 Å². The van der Waals surface area contributed by atoms with Crippen LogP contribution in [0.4, 0.5) is 0 Å². The smallest absolute Gasteiger partial charge is 0.232 e. The highest BCUT2D eigenvalue weighted by atomic mass is 16.1. The SMILES string of the molecule is O=C(NCc1cnn2ccccc12)C(c1ccccc1)c1ccccc1. The van der Waals surface area contributed by atoms with Gasteiger partial charge in [-0.2, -0.15) is 5.10 Å². The van der Waals surface area contributed by atoms with Crippen molar-refractivity contribution in [2.45, 2.75) is 12.5 Å². The van der Waals surface area contributed by atoms with Gasteiger partial charge in [0.05, 0.1) is 17.6 Å². The van der Waals surface area contributed by atoms with Gasteiger partial charge in [-0.25, -0.2) is 4.52 Å². The molecule has 0 radical (unpaired) electrons. The Morgan fingerprint density at radius 3 is 2.15 bits per heavy atom. The Morgan fingerprint density at radius 2 is 1.50 bits per heavy atom. The predicted octanol–water partition coefficient (Wildman–Crippen LogP) is 3.78. The van der Waals surface area contributed by atoms with Crippen LogP contribution in [0, 0.1) is 0 Å². The van der Waals surface area contributed by atoms with Gasteiger partial charge >= 0.3 is 0 Å². The molecule has 1 N–H and O–H groups in total. The maximum absolute atomic E-state index is 13.0. The number of fused-ring (bicyclic) bond motifs is 1. The molecule has 0 aliphatic rings. The number of carbonyl (C=O) groups is 1. The van der Waals surface area contributed by atoms with Gasteiger partial charge in [0.15, 0.2) is 0 Å². The predicted molar refractivity (Wildman–Crippen MR) is 102 cm³/mol. The highest BCUT2D eigenvalue weighted by Crippen LogP contribution is 2.25. The summed E-state index contributed by atoms with van der Waals surface area (Å²) in [5, 5.41) is 7.41. The van der Waals surface area contributed by atoms with E-state index in [4.69, 9.17) is 0 Å². The van der Waals surface area contributed by atoms with Crippen LogP contribution in [0.1, 0.15) is 22.6 Å². The molecule has 0 fully saturated rings. The van der Waals surface area contributed by atoms with Gasteiger partial charge in [-0.3, -0.25) is 4.79 Å². The molecule has 2 aromatic heterocycles. The van der Waals surface area contributed by atoms with E-state index in [0.717, 1.165) is 22.2 Å². The van der Waals surface area contributed by atoms with Crippen molar-refractivity contribution in [3.05, 3.63) is 108 Å². The monoisotopic (exact) mass is 341 g/mol. The molecular formula is C22H19N3O. The molecule has 2 aromatic carbocycles. The maximum Gasteiger partial charge on any atom is 0.232 e. The molecule has 0 saturated carbocycles. The van der Waals surface area contributed by atoms with Crippen LogP contribution in [0.15, 0.2) is 91.3 Å². The minimum atomic E-state index is -0.334. The van der Waals surface area contributed by atoms with E-state index in [1.165, 1.54) is 0 Å². The molecule has 4 nitrogen and oxygen atoms in total. The second-order valence-corrected chi connectivity index (χ2v) is 6.17. The summed E-state index contributed by atoms with van der Waals surface area (Å²) in [6.07, 6.45) is 3.70. The standard InChI is InChI=1S/C22H19N3O/c26-22(23-15-19-16-24-25-14-8-7-13-20(19)25)21(17-9-3-1-4-10-17)18-11-5-2-6-12-18/h1-14,16,21H,15H2,(H,23,26). The van der Waals surface area contributed by atoms with Gasteiger partial charge in [0.25, 0.3) is 0 Å². The van der Waals surface area contributed by atoms with E-state index in [-0.39, 0.29) is 11.8 Å². The first kappa shape index (κ1) is 16.1. The zero-order valence-electron chi connectivity index (χ0n) is 14.2. The van der Waals surface area contributed by atoms with E-state index in [0.29, 0.717) is 6.54 Å². The fraction of sp³-hybridized carbons (Fsp3) is 0.0909. The Kier molecular flexibility index (Phi) is 4.48. The number of rotatable bonds is 5. The Bertz CT molecular complexity index is 970. The lowest BCUT2D eigenvalue weighted by Gasteiger charge is -2.17. The van der Waals surface area contributed by atoms with Crippen LogP contribution in [-0.2, 0) is 11.3 Å². The van der Waals surface area contributed by atoms with Gasteiger partial charge in [0.2, 0.25) is 5.91 Å². The maximum atomic E-state index is 13.0. The van der Waals surface area contributed by atoms with Crippen molar-refractivity contribution >= 4 is 11.4 Å². The zero-order valence-corrected chi connectivity index (χ0v) is 14.2. The van der Waals surface area contributed by atoms with Crippen LogP contribution in [0.5, 0.6) is 0 Å². The summed E-state index contributed by atoms with van der Waals surface area (Å²) in [7, 11) is 0. The topological polar surface area (TPSA) is 46.4 Å². The highest BCUT2D eigenvalue weighted by molar-refractivity contribution is 5.87. The molecule has 0 bridgehead atoms. The zero-order chi connectivity index (χ0) is 17.8. The molecule has 1 amide bonds. The van der Waals surface area contributed by atoms with Crippen molar-refractivity contribution in [1.29, 1.82) is 0 Å². The average molecular weight is 341 g/mol. The van der Waals surface area contributed by atoms with E-state index in [2.05, 4.69) is 10.4 Å². The number of pyridine rings is 1. The van der Waals surface area contributed by atoms with Crippen molar-refractivity contribution in [3.63, 3.8) is 0 Å². The molecule has 4 aromatic rings. The van der Waals surface area contributed by atoms with Crippen molar-refractivity contribution in [2.24, 2.45) is 0 Å². The van der Waals surface area contributed by atoms with Gasteiger partial charge in [0.1, 0.15) is 0 Å². The summed E-state index contributed by atoms with van der Waals surface area (Å²) < 4.78 is 1.81. The normalized spacial score (nSPS) is 11.0. The molecule has 0 saturated heterocycles. The molecule has 0 aliphatic carbocycles. The summed E-state index contributed by atoms with van der Waals surface area (Å²) in [5.41, 5.74) is 3.97. The van der Waals surface area contributed by atoms with Gasteiger partial charge in [-0.05, 0) is 23.3 Å². The van der Waals surface area contributed by atoms with Gasteiger partial charge < -0.3 is 5.32 Å². The largest absolute Gasteiger partial charge is 0.351 e. The third-order valence-corrected chi connectivity index (χ3v) is 4.49. The molecule has 0 unspecified atom stereocenters. The number of hydrogen-bond donors (Lipinski definition) is 1.